The van der Waals surface area contributed by atoms with Crippen molar-refractivity contribution in [3.8, 4) is 22.4 Å². The summed E-state index contributed by atoms with van der Waals surface area (Å²) in [6.07, 6.45) is 0.0952. The quantitative estimate of drug-likeness (QED) is 0.513. The molecule has 1 N–H and O–H groups in total. The van der Waals surface area contributed by atoms with Gasteiger partial charge in [0.15, 0.2) is 11.8 Å². The van der Waals surface area contributed by atoms with E-state index in [-0.39, 0.29) is 15.5 Å². The minimum Gasteiger partial charge on any atom is -0.768 e. The number of nitrogens with zero attached hydrogens (tertiary/aromatic N) is 2. The molecule has 2 aromatic carbocycles. The number of aryl methyl sites for hydroxylation is 2. The van der Waals surface area contributed by atoms with Gasteiger partial charge >= 0.3 is 0 Å². The maximum Gasteiger partial charge on any atom is 0.252 e. The molecule has 0 radical (unpaired) electrons. The van der Waals surface area contributed by atoms with Crippen LogP contribution in [0.25, 0.3) is 10.6 Å². The zero-order valence-corrected chi connectivity index (χ0v) is 18.9. The number of halogens is 1. The van der Waals surface area contributed by atoms with Gasteiger partial charge in [0.1, 0.15) is 22.6 Å². The summed E-state index contributed by atoms with van der Waals surface area (Å²) in [5.74, 6) is -1.33. The van der Waals surface area contributed by atoms with Gasteiger partial charge < -0.3 is 9.42 Å². The van der Waals surface area contributed by atoms with Crippen LogP contribution in [0.5, 0.6) is 5.75 Å². The SMILES string of the molecule is Cc1ccc(-c2ncc(S(=O)(=O)NCP(=O)([O-])Oc3ccc(C#N)c(F)c3)s2)cc1C. The van der Waals surface area contributed by atoms with E-state index in [0.29, 0.717) is 5.01 Å². The minimum absolute atomic E-state index is 0.162. The minimum atomic E-state index is -4.74. The maximum absolute atomic E-state index is 13.6. The largest absolute Gasteiger partial charge is 0.768 e. The van der Waals surface area contributed by atoms with E-state index in [0.717, 1.165) is 52.4 Å². The van der Waals surface area contributed by atoms with Crippen LogP contribution in [-0.2, 0) is 14.6 Å². The molecule has 12 heteroatoms. The van der Waals surface area contributed by atoms with Gasteiger partial charge in [-0.05, 0) is 43.2 Å². The molecule has 1 heterocycles. The Morgan fingerprint density at radius 3 is 2.65 bits per heavy atom. The summed E-state index contributed by atoms with van der Waals surface area (Å²) in [5, 5.41) is 9.17. The van der Waals surface area contributed by atoms with E-state index in [2.05, 4.69) is 4.98 Å². The highest BCUT2D eigenvalue weighted by Crippen LogP contribution is 2.38. The van der Waals surface area contributed by atoms with Crippen molar-refractivity contribution in [2.24, 2.45) is 0 Å². The predicted molar refractivity (Wildman–Crippen MR) is 112 cm³/mol. The summed E-state index contributed by atoms with van der Waals surface area (Å²) >= 11 is 0.894. The Morgan fingerprint density at radius 1 is 1.26 bits per heavy atom. The number of nitrogens with one attached hydrogen (secondary N) is 1. The number of rotatable bonds is 7. The lowest BCUT2D eigenvalue weighted by Crippen LogP contribution is -2.28. The molecule has 1 aromatic heterocycles. The van der Waals surface area contributed by atoms with Gasteiger partial charge in [-0.15, -0.1) is 11.3 Å². The Morgan fingerprint density at radius 2 is 2.00 bits per heavy atom. The van der Waals surface area contributed by atoms with Crippen molar-refractivity contribution in [2.75, 3.05) is 6.29 Å². The first-order valence-corrected chi connectivity index (χ1v) is 12.8. The van der Waals surface area contributed by atoms with Crippen molar-refractivity contribution >= 4 is 29.0 Å². The third-order valence-corrected chi connectivity index (χ3v) is 8.41. The molecular formula is C19H16FN3O5PS2-. The van der Waals surface area contributed by atoms with Crippen molar-refractivity contribution in [1.82, 2.24) is 9.71 Å². The molecule has 162 valence electrons. The van der Waals surface area contributed by atoms with Crippen molar-refractivity contribution in [1.29, 1.82) is 5.26 Å². The van der Waals surface area contributed by atoms with E-state index in [1.54, 1.807) is 6.07 Å². The van der Waals surface area contributed by atoms with Crippen LogP contribution in [0.1, 0.15) is 16.7 Å². The molecule has 0 bridgehead atoms. The van der Waals surface area contributed by atoms with E-state index in [4.69, 9.17) is 9.79 Å². The molecular weight excluding hydrogens is 464 g/mol. The normalized spacial score (nSPS) is 13.4. The summed E-state index contributed by atoms with van der Waals surface area (Å²) in [6.45, 7) is 3.88. The van der Waals surface area contributed by atoms with Gasteiger partial charge in [0.05, 0.1) is 18.0 Å². The van der Waals surface area contributed by atoms with E-state index in [9.17, 15) is 22.3 Å². The molecule has 0 aliphatic heterocycles. The molecule has 31 heavy (non-hydrogen) atoms. The van der Waals surface area contributed by atoms with Crippen molar-refractivity contribution in [3.63, 3.8) is 0 Å². The average molecular weight is 480 g/mol. The predicted octanol–water partition coefficient (Wildman–Crippen LogP) is 3.31. The smallest absolute Gasteiger partial charge is 0.252 e. The second-order valence-corrected chi connectivity index (χ2v) is 11.3. The standard InChI is InChI=1S/C19H17FN3O5PS2/c1-12-3-4-14(7-13(12)2)19-22-10-18(30-19)31(26,27)23-11-29(24,25)28-16-6-5-15(9-21)17(20)8-16/h3-8,10,23H,11H2,1-2H3,(H,24,25)/p-1. The van der Waals surface area contributed by atoms with E-state index in [1.807, 2.05) is 36.8 Å². The van der Waals surface area contributed by atoms with Crippen LogP contribution in [0.3, 0.4) is 0 Å². The summed E-state index contributed by atoms with van der Waals surface area (Å²) < 4.78 is 57.2. The number of nitriles is 1. The van der Waals surface area contributed by atoms with Gasteiger partial charge in [-0.1, -0.05) is 12.1 Å². The zero-order valence-electron chi connectivity index (χ0n) is 16.3. The van der Waals surface area contributed by atoms with Crippen molar-refractivity contribution < 1.29 is 26.8 Å². The van der Waals surface area contributed by atoms with Crippen LogP contribution in [-0.4, -0.2) is 19.7 Å². The fraction of sp³-hybridized carbons (Fsp3) is 0.158. The molecule has 0 aliphatic rings. The first kappa shape index (κ1) is 23.1. The molecule has 1 atom stereocenters. The molecule has 0 spiro atoms. The first-order chi connectivity index (χ1) is 14.5. The van der Waals surface area contributed by atoms with Crippen LogP contribution in [0, 0.1) is 31.0 Å². The van der Waals surface area contributed by atoms with Gasteiger partial charge in [-0.2, -0.15) is 5.26 Å². The molecule has 3 rings (SSSR count). The molecule has 8 nitrogen and oxygen atoms in total. The number of benzene rings is 2. The van der Waals surface area contributed by atoms with Crippen molar-refractivity contribution in [3.05, 3.63) is 65.1 Å². The highest BCUT2D eigenvalue weighted by Gasteiger charge is 2.22. The first-order valence-electron chi connectivity index (χ1n) is 8.73. The molecule has 0 amide bonds. The van der Waals surface area contributed by atoms with Crippen LogP contribution in [0.2, 0.25) is 0 Å². The number of sulfonamides is 1. The van der Waals surface area contributed by atoms with Crippen LogP contribution in [0.4, 0.5) is 4.39 Å². The molecule has 0 fully saturated rings. The van der Waals surface area contributed by atoms with Gasteiger partial charge in [0.2, 0.25) is 0 Å². The average Bonchev–Trinajstić information content (AvgIpc) is 3.20. The molecule has 3 aromatic rings. The molecule has 1 unspecified atom stereocenters. The molecule has 0 saturated heterocycles. The van der Waals surface area contributed by atoms with Gasteiger partial charge in [0, 0.05) is 11.6 Å². The van der Waals surface area contributed by atoms with Gasteiger partial charge in [0.25, 0.3) is 10.0 Å². The Kier molecular flexibility index (Phi) is 6.59. The summed E-state index contributed by atoms with van der Waals surface area (Å²) in [5.41, 5.74) is 2.58. The lowest BCUT2D eigenvalue weighted by Gasteiger charge is -2.24. The Hall–Kier alpha value is -2.61. The zero-order chi connectivity index (χ0) is 22.8. The number of hydrogen-bond donors (Lipinski definition) is 1. The fourth-order valence-corrected chi connectivity index (χ4v) is 6.11. The van der Waals surface area contributed by atoms with Crippen LogP contribution < -0.4 is 14.1 Å². The van der Waals surface area contributed by atoms with E-state index < -0.39 is 29.7 Å². The van der Waals surface area contributed by atoms with Gasteiger partial charge in [-0.25, -0.2) is 22.5 Å². The van der Waals surface area contributed by atoms with E-state index in [1.165, 1.54) is 0 Å². The summed E-state index contributed by atoms with van der Waals surface area (Å²) in [6, 6.07) is 10.1. The third kappa shape index (κ3) is 5.55. The maximum atomic E-state index is 13.6. The van der Waals surface area contributed by atoms with Crippen LogP contribution in [0.15, 0.2) is 46.8 Å². The second-order valence-electron chi connectivity index (χ2n) is 6.55. The highest BCUT2D eigenvalue weighted by molar-refractivity contribution is 7.91. The molecule has 0 aliphatic carbocycles. The lowest BCUT2D eigenvalue weighted by molar-refractivity contribution is -0.191. The lowest BCUT2D eigenvalue weighted by atomic mass is 10.1. The third-order valence-electron chi connectivity index (χ3n) is 4.26. The van der Waals surface area contributed by atoms with Crippen LogP contribution >= 0.6 is 18.9 Å². The molecule has 0 saturated carbocycles. The highest BCUT2D eigenvalue weighted by atomic mass is 32.2. The van der Waals surface area contributed by atoms with E-state index >= 15 is 0 Å². The van der Waals surface area contributed by atoms with Crippen molar-refractivity contribution in [2.45, 2.75) is 18.1 Å². The van der Waals surface area contributed by atoms with Gasteiger partial charge in [-0.3, -0.25) is 4.57 Å². The summed E-state index contributed by atoms with van der Waals surface area (Å²) in [7, 11) is -8.92. The monoisotopic (exact) mass is 480 g/mol. The fourth-order valence-electron chi connectivity index (χ4n) is 2.46. The summed E-state index contributed by atoms with van der Waals surface area (Å²) in [4.78, 5) is 16.2. The Bertz CT molecular complexity index is 1330. The number of thiazole rings is 1. The Labute approximate surface area is 182 Å². The topological polar surface area (TPSA) is 132 Å². The number of hydrogen-bond acceptors (Lipinski definition) is 8. The Balaban J connectivity index is 1.71. The second kappa shape index (κ2) is 8.86. The number of aromatic nitrogens is 1.